The highest BCUT2D eigenvalue weighted by Crippen LogP contribution is 2.36. The van der Waals surface area contributed by atoms with Gasteiger partial charge in [-0.2, -0.15) is 0 Å². The lowest BCUT2D eigenvalue weighted by molar-refractivity contribution is -0.00522. The Morgan fingerprint density at radius 3 is 2.53 bits per heavy atom. The maximum atomic E-state index is 5.97. The number of rotatable bonds is 2. The van der Waals surface area contributed by atoms with Crippen molar-refractivity contribution in [2.45, 2.75) is 31.3 Å². The largest absolute Gasteiger partial charge is 0.374 e. The van der Waals surface area contributed by atoms with E-state index < -0.39 is 0 Å². The van der Waals surface area contributed by atoms with Crippen molar-refractivity contribution in [3.05, 3.63) is 22.8 Å². The van der Waals surface area contributed by atoms with Crippen molar-refractivity contribution < 1.29 is 4.74 Å². The molecular weight excluding hydrogens is 210 g/mol. The van der Waals surface area contributed by atoms with Gasteiger partial charge in [0, 0.05) is 12.1 Å². The van der Waals surface area contributed by atoms with E-state index in [-0.39, 0.29) is 5.60 Å². The van der Waals surface area contributed by atoms with Crippen LogP contribution < -0.4 is 5.32 Å². The molecule has 0 aromatic heterocycles. The summed E-state index contributed by atoms with van der Waals surface area (Å²) in [4.78, 5) is 0. The molecule has 0 bridgehead atoms. The standard InChI is InChI=1S/C12H18ClNO/c1-15-12(6-8-14-9-7-12)10-2-4-11(13)5-3-10/h2,4,14H,3,5-9H2,1H3. The van der Waals surface area contributed by atoms with Gasteiger partial charge in [-0.1, -0.05) is 17.7 Å². The fourth-order valence-electron chi connectivity index (χ4n) is 2.48. The molecule has 1 N–H and O–H groups in total. The summed E-state index contributed by atoms with van der Waals surface area (Å²) in [6, 6.07) is 0. The van der Waals surface area contributed by atoms with Gasteiger partial charge in [-0.25, -0.2) is 0 Å². The van der Waals surface area contributed by atoms with E-state index in [2.05, 4.69) is 11.4 Å². The zero-order valence-corrected chi connectivity index (χ0v) is 9.94. The lowest BCUT2D eigenvalue weighted by atomic mass is 9.80. The second kappa shape index (κ2) is 4.69. The number of hydrogen-bond acceptors (Lipinski definition) is 2. The molecule has 1 heterocycles. The molecule has 1 aliphatic carbocycles. The average molecular weight is 228 g/mol. The van der Waals surface area contributed by atoms with Crippen molar-refractivity contribution in [3.8, 4) is 0 Å². The fraction of sp³-hybridized carbons (Fsp3) is 0.667. The second-order valence-corrected chi connectivity index (χ2v) is 4.74. The zero-order chi connectivity index (χ0) is 10.7. The molecule has 2 nitrogen and oxygen atoms in total. The summed E-state index contributed by atoms with van der Waals surface area (Å²) in [6.45, 7) is 2.09. The van der Waals surface area contributed by atoms with E-state index in [9.17, 15) is 0 Å². The fourth-order valence-corrected chi connectivity index (χ4v) is 2.64. The van der Waals surface area contributed by atoms with Crippen LogP contribution >= 0.6 is 11.6 Å². The summed E-state index contributed by atoms with van der Waals surface area (Å²) >= 11 is 5.97. The van der Waals surface area contributed by atoms with Crippen molar-refractivity contribution in [2.24, 2.45) is 0 Å². The first kappa shape index (κ1) is 11.2. The van der Waals surface area contributed by atoms with E-state index in [1.54, 1.807) is 0 Å². The summed E-state index contributed by atoms with van der Waals surface area (Å²) in [5.41, 5.74) is 1.38. The van der Waals surface area contributed by atoms with Gasteiger partial charge in [-0.15, -0.1) is 0 Å². The molecule has 0 spiro atoms. The van der Waals surface area contributed by atoms with Crippen LogP contribution in [0.3, 0.4) is 0 Å². The van der Waals surface area contributed by atoms with Gasteiger partial charge in [0.05, 0.1) is 5.60 Å². The Bertz CT molecular complexity index is 290. The molecule has 1 fully saturated rings. The molecule has 0 aromatic rings. The first-order valence-electron chi connectivity index (χ1n) is 5.58. The predicted molar refractivity (Wildman–Crippen MR) is 63.1 cm³/mol. The molecule has 0 amide bonds. The van der Waals surface area contributed by atoms with E-state index in [1.807, 2.05) is 13.2 Å². The number of halogens is 1. The van der Waals surface area contributed by atoms with Gasteiger partial charge in [0.15, 0.2) is 0 Å². The molecule has 0 atom stereocenters. The molecule has 1 saturated heterocycles. The van der Waals surface area contributed by atoms with Gasteiger partial charge in [-0.3, -0.25) is 0 Å². The van der Waals surface area contributed by atoms with E-state index in [0.29, 0.717) is 0 Å². The van der Waals surface area contributed by atoms with Crippen LogP contribution in [0.1, 0.15) is 25.7 Å². The number of hydrogen-bond donors (Lipinski definition) is 1. The van der Waals surface area contributed by atoms with Crippen LogP contribution in [-0.2, 0) is 4.74 Å². The maximum absolute atomic E-state index is 5.97. The Labute approximate surface area is 96.3 Å². The first-order valence-corrected chi connectivity index (χ1v) is 5.96. The van der Waals surface area contributed by atoms with Crippen LogP contribution in [-0.4, -0.2) is 25.8 Å². The highest BCUT2D eigenvalue weighted by atomic mass is 35.5. The Hall–Kier alpha value is -0.310. The highest BCUT2D eigenvalue weighted by Gasteiger charge is 2.35. The zero-order valence-electron chi connectivity index (χ0n) is 9.18. The molecule has 2 aliphatic rings. The Balaban J connectivity index is 2.18. The molecule has 0 saturated carbocycles. The molecule has 0 aromatic carbocycles. The highest BCUT2D eigenvalue weighted by molar-refractivity contribution is 6.29. The van der Waals surface area contributed by atoms with Crippen molar-refractivity contribution in [1.82, 2.24) is 5.32 Å². The van der Waals surface area contributed by atoms with Crippen LogP contribution in [0, 0.1) is 0 Å². The number of allylic oxidation sites excluding steroid dienone is 3. The third-order valence-electron chi connectivity index (χ3n) is 3.49. The lowest BCUT2D eigenvalue weighted by Crippen LogP contribution is -2.45. The molecule has 3 heteroatoms. The summed E-state index contributed by atoms with van der Waals surface area (Å²) in [7, 11) is 1.83. The van der Waals surface area contributed by atoms with Crippen LogP contribution in [0.15, 0.2) is 22.8 Å². The molecule has 0 unspecified atom stereocenters. The minimum absolute atomic E-state index is 0.0284. The van der Waals surface area contributed by atoms with Crippen molar-refractivity contribution in [2.75, 3.05) is 20.2 Å². The van der Waals surface area contributed by atoms with Gasteiger partial charge in [0.25, 0.3) is 0 Å². The molecule has 1 aliphatic heterocycles. The Kier molecular flexibility index (Phi) is 3.49. The third-order valence-corrected chi connectivity index (χ3v) is 3.80. The number of ether oxygens (including phenoxy) is 1. The van der Waals surface area contributed by atoms with Gasteiger partial charge in [0.1, 0.15) is 0 Å². The Morgan fingerprint density at radius 1 is 1.27 bits per heavy atom. The third kappa shape index (κ3) is 2.27. The minimum atomic E-state index is -0.0284. The first-order chi connectivity index (χ1) is 7.27. The van der Waals surface area contributed by atoms with E-state index in [1.165, 1.54) is 5.57 Å². The summed E-state index contributed by atoms with van der Waals surface area (Å²) < 4.78 is 5.77. The second-order valence-electron chi connectivity index (χ2n) is 4.25. The minimum Gasteiger partial charge on any atom is -0.374 e. The van der Waals surface area contributed by atoms with Gasteiger partial charge in [0.2, 0.25) is 0 Å². The maximum Gasteiger partial charge on any atom is 0.0915 e. The van der Waals surface area contributed by atoms with Crippen molar-refractivity contribution in [3.63, 3.8) is 0 Å². The summed E-state index contributed by atoms with van der Waals surface area (Å²) in [5, 5.41) is 4.33. The molecule has 15 heavy (non-hydrogen) atoms. The van der Waals surface area contributed by atoms with Gasteiger partial charge in [-0.05, 0) is 50.4 Å². The molecule has 2 rings (SSSR count). The molecular formula is C12H18ClNO. The Morgan fingerprint density at radius 2 is 2.00 bits per heavy atom. The average Bonchev–Trinajstić information content (AvgIpc) is 2.31. The quantitative estimate of drug-likeness (QED) is 0.783. The van der Waals surface area contributed by atoms with E-state index in [0.717, 1.165) is 43.8 Å². The van der Waals surface area contributed by atoms with Crippen molar-refractivity contribution >= 4 is 11.6 Å². The van der Waals surface area contributed by atoms with Gasteiger partial charge >= 0.3 is 0 Å². The lowest BCUT2D eigenvalue weighted by Gasteiger charge is -2.39. The normalized spacial score (nSPS) is 25.7. The van der Waals surface area contributed by atoms with E-state index >= 15 is 0 Å². The smallest absolute Gasteiger partial charge is 0.0915 e. The number of nitrogens with one attached hydrogen (secondary N) is 1. The SMILES string of the molecule is COC1(C2=CC=C(Cl)CC2)CCNCC1. The van der Waals surface area contributed by atoms with Crippen LogP contribution in [0.2, 0.25) is 0 Å². The van der Waals surface area contributed by atoms with E-state index in [4.69, 9.17) is 16.3 Å². The monoisotopic (exact) mass is 227 g/mol. The van der Waals surface area contributed by atoms with Crippen LogP contribution in [0.25, 0.3) is 0 Å². The topological polar surface area (TPSA) is 21.3 Å². The molecule has 84 valence electrons. The number of methoxy groups -OCH3 is 1. The predicted octanol–water partition coefficient (Wildman–Crippen LogP) is 2.60. The van der Waals surface area contributed by atoms with Crippen molar-refractivity contribution in [1.29, 1.82) is 0 Å². The number of piperidine rings is 1. The van der Waals surface area contributed by atoms with Crippen LogP contribution in [0.4, 0.5) is 0 Å². The van der Waals surface area contributed by atoms with Gasteiger partial charge < -0.3 is 10.1 Å². The summed E-state index contributed by atoms with van der Waals surface area (Å²) in [6.07, 6.45) is 8.32. The molecule has 0 radical (unpaired) electrons. The van der Waals surface area contributed by atoms with Crippen LogP contribution in [0.5, 0.6) is 0 Å². The summed E-state index contributed by atoms with van der Waals surface area (Å²) in [5.74, 6) is 0.